The predicted octanol–water partition coefficient (Wildman–Crippen LogP) is -2.30. The first-order valence-corrected chi connectivity index (χ1v) is 4.23. The van der Waals surface area contributed by atoms with Crippen molar-refractivity contribution in [3.63, 3.8) is 0 Å². The Morgan fingerprint density at radius 3 is 1.44 bits per heavy atom. The van der Waals surface area contributed by atoms with E-state index < -0.39 is 22.5 Å². The van der Waals surface area contributed by atoms with Crippen LogP contribution in [-0.2, 0) is 0 Å². The lowest BCUT2D eigenvalue weighted by Crippen LogP contribution is -2.50. The third kappa shape index (κ3) is 1.41. The molecule has 0 saturated heterocycles. The fourth-order valence-electron chi connectivity index (χ4n) is 1.21. The molecule has 16 heavy (non-hydrogen) atoms. The molecule has 2 heterocycles. The second-order valence-corrected chi connectivity index (χ2v) is 2.87. The maximum absolute atomic E-state index is 11.4. The van der Waals surface area contributed by atoms with Crippen LogP contribution in [0.25, 0.3) is 0 Å². The monoisotopic (exact) mass is 222 g/mol. The number of nitrogens with zero attached hydrogens (tertiary/aromatic N) is 2. The van der Waals surface area contributed by atoms with Crippen LogP contribution in [0.4, 0.5) is 0 Å². The highest BCUT2D eigenvalue weighted by Crippen LogP contribution is 1.68. The van der Waals surface area contributed by atoms with Crippen molar-refractivity contribution in [3.8, 4) is 0 Å². The molecule has 82 valence electrons. The molecule has 0 atom stereocenters. The predicted molar refractivity (Wildman–Crippen MR) is 53.4 cm³/mol. The summed E-state index contributed by atoms with van der Waals surface area (Å²) >= 11 is 0. The normalized spacial score (nSPS) is 10.2. The van der Waals surface area contributed by atoms with Crippen LogP contribution in [0.15, 0.2) is 43.7 Å². The highest BCUT2D eigenvalue weighted by molar-refractivity contribution is 4.88. The largest absolute Gasteiger partial charge is 0.348 e. The molecule has 2 rings (SSSR count). The summed E-state index contributed by atoms with van der Waals surface area (Å²) in [6.45, 7) is 0. The van der Waals surface area contributed by atoms with Crippen LogP contribution in [-0.4, -0.2) is 19.3 Å². The topological polar surface area (TPSA) is 110 Å². The Morgan fingerprint density at radius 1 is 0.750 bits per heavy atom. The average Bonchev–Trinajstić information content (AvgIpc) is 2.21. The van der Waals surface area contributed by atoms with Gasteiger partial charge in [0.05, 0.1) is 0 Å². The van der Waals surface area contributed by atoms with Gasteiger partial charge in [-0.25, -0.2) is 9.59 Å². The molecule has 0 aliphatic rings. The van der Waals surface area contributed by atoms with Crippen molar-refractivity contribution in [2.75, 3.05) is 0 Å². The molecule has 0 bridgehead atoms. The minimum absolute atomic E-state index is 0.418. The van der Waals surface area contributed by atoms with Crippen molar-refractivity contribution in [3.05, 3.63) is 66.2 Å². The van der Waals surface area contributed by atoms with Crippen molar-refractivity contribution in [1.29, 1.82) is 0 Å². The molecule has 0 aliphatic heterocycles. The molecule has 2 N–H and O–H groups in total. The van der Waals surface area contributed by atoms with Gasteiger partial charge in [0, 0.05) is 24.5 Å². The Morgan fingerprint density at radius 2 is 1.12 bits per heavy atom. The summed E-state index contributed by atoms with van der Waals surface area (Å²) in [6, 6.07) is 2.06. The Hall–Kier alpha value is -2.64. The maximum atomic E-state index is 11.4. The second kappa shape index (κ2) is 3.50. The zero-order valence-corrected chi connectivity index (χ0v) is 7.84. The van der Waals surface area contributed by atoms with E-state index in [0.29, 0.717) is 9.35 Å². The number of rotatable bonds is 1. The van der Waals surface area contributed by atoms with E-state index in [1.165, 1.54) is 0 Å². The lowest BCUT2D eigenvalue weighted by Gasteiger charge is -2.03. The Bertz CT molecular complexity index is 626. The molecule has 2 aromatic heterocycles. The standard InChI is InChI=1S/C8H6N4O4/c13-5-1-3-9-7(15)11(5)12-6(14)2-4-10-8(12)16/h1-4H,(H,9,15)(H,10,16). The van der Waals surface area contributed by atoms with Crippen LogP contribution in [0.1, 0.15) is 0 Å². The first-order chi connectivity index (χ1) is 7.61. The molecule has 0 aromatic carbocycles. The summed E-state index contributed by atoms with van der Waals surface area (Å²) in [5.74, 6) is 0. The molecule has 0 spiro atoms. The summed E-state index contributed by atoms with van der Waals surface area (Å²) in [4.78, 5) is 49.8. The van der Waals surface area contributed by atoms with E-state index in [0.717, 1.165) is 24.5 Å². The van der Waals surface area contributed by atoms with Gasteiger partial charge in [0.25, 0.3) is 11.1 Å². The van der Waals surface area contributed by atoms with E-state index in [4.69, 9.17) is 0 Å². The van der Waals surface area contributed by atoms with Gasteiger partial charge in [0.1, 0.15) is 0 Å². The number of aromatic amines is 2. The maximum Gasteiger partial charge on any atom is 0.348 e. The molecular formula is C8H6N4O4. The average molecular weight is 222 g/mol. The van der Waals surface area contributed by atoms with Crippen molar-refractivity contribution in [2.45, 2.75) is 0 Å². The van der Waals surface area contributed by atoms with Crippen molar-refractivity contribution in [1.82, 2.24) is 19.3 Å². The van der Waals surface area contributed by atoms with Gasteiger partial charge in [-0.15, -0.1) is 0 Å². The minimum atomic E-state index is -0.869. The number of H-pyrrole nitrogens is 2. The zero-order valence-electron chi connectivity index (χ0n) is 7.84. The fraction of sp³-hybridized carbons (Fsp3) is 0. The van der Waals surface area contributed by atoms with Crippen LogP contribution in [0.2, 0.25) is 0 Å². The van der Waals surface area contributed by atoms with Crippen LogP contribution >= 0.6 is 0 Å². The number of aromatic nitrogens is 4. The first kappa shape index (κ1) is 9.90. The van der Waals surface area contributed by atoms with Crippen LogP contribution in [0.3, 0.4) is 0 Å². The Balaban J connectivity index is 3.00. The Kier molecular flexibility index (Phi) is 2.16. The van der Waals surface area contributed by atoms with Gasteiger partial charge in [0.2, 0.25) is 0 Å². The van der Waals surface area contributed by atoms with E-state index >= 15 is 0 Å². The van der Waals surface area contributed by atoms with Gasteiger partial charge in [-0.1, -0.05) is 0 Å². The van der Waals surface area contributed by atoms with E-state index in [2.05, 4.69) is 9.97 Å². The summed E-state index contributed by atoms with van der Waals surface area (Å²) in [5, 5.41) is 0. The molecule has 0 radical (unpaired) electrons. The first-order valence-electron chi connectivity index (χ1n) is 4.23. The van der Waals surface area contributed by atoms with Crippen LogP contribution < -0.4 is 22.5 Å². The van der Waals surface area contributed by atoms with Gasteiger partial charge in [-0.05, 0) is 0 Å². The summed E-state index contributed by atoms with van der Waals surface area (Å²) in [7, 11) is 0. The van der Waals surface area contributed by atoms with Gasteiger partial charge in [0.15, 0.2) is 0 Å². The molecule has 0 saturated carbocycles. The minimum Gasteiger partial charge on any atom is -0.312 e. The van der Waals surface area contributed by atoms with E-state index in [-0.39, 0.29) is 0 Å². The molecule has 0 unspecified atom stereocenters. The van der Waals surface area contributed by atoms with Crippen molar-refractivity contribution >= 4 is 0 Å². The second-order valence-electron chi connectivity index (χ2n) is 2.87. The van der Waals surface area contributed by atoms with E-state index in [1.807, 2.05) is 0 Å². The fourth-order valence-corrected chi connectivity index (χ4v) is 1.21. The summed E-state index contributed by atoms with van der Waals surface area (Å²) in [6.07, 6.45) is 2.26. The molecule has 0 aliphatic carbocycles. The zero-order chi connectivity index (χ0) is 11.7. The van der Waals surface area contributed by atoms with Gasteiger partial charge in [-0.3, -0.25) is 9.59 Å². The highest BCUT2D eigenvalue weighted by atomic mass is 16.2. The van der Waals surface area contributed by atoms with Gasteiger partial charge in [-0.2, -0.15) is 9.35 Å². The van der Waals surface area contributed by atoms with Gasteiger partial charge >= 0.3 is 11.4 Å². The smallest absolute Gasteiger partial charge is 0.312 e. The van der Waals surface area contributed by atoms with Crippen molar-refractivity contribution in [2.24, 2.45) is 0 Å². The Labute approximate surface area is 86.4 Å². The highest BCUT2D eigenvalue weighted by Gasteiger charge is 2.07. The summed E-state index contributed by atoms with van der Waals surface area (Å²) in [5.41, 5.74) is -3.29. The third-order valence-corrected chi connectivity index (χ3v) is 1.87. The molecular weight excluding hydrogens is 216 g/mol. The SMILES string of the molecule is O=c1cc[nH]c(=O)n1-n1c(=O)cc[nH]c1=O. The number of hydrogen-bond acceptors (Lipinski definition) is 4. The molecule has 8 nitrogen and oxygen atoms in total. The van der Waals surface area contributed by atoms with Crippen molar-refractivity contribution < 1.29 is 0 Å². The lowest BCUT2D eigenvalue weighted by molar-refractivity contribution is 0.534. The number of hydrogen-bond donors (Lipinski definition) is 2. The molecule has 0 fully saturated rings. The van der Waals surface area contributed by atoms with E-state index in [1.54, 1.807) is 0 Å². The lowest BCUT2D eigenvalue weighted by atomic mass is 10.6. The third-order valence-electron chi connectivity index (χ3n) is 1.87. The van der Waals surface area contributed by atoms with E-state index in [9.17, 15) is 19.2 Å². The summed E-state index contributed by atoms with van der Waals surface area (Å²) < 4.78 is 0.836. The molecule has 8 heteroatoms. The molecule has 2 aromatic rings. The van der Waals surface area contributed by atoms with Crippen LogP contribution in [0.5, 0.6) is 0 Å². The quantitative estimate of drug-likeness (QED) is 0.565. The molecule has 0 amide bonds. The number of nitrogens with one attached hydrogen (secondary N) is 2. The van der Waals surface area contributed by atoms with Crippen LogP contribution in [0, 0.1) is 0 Å². The van der Waals surface area contributed by atoms with Gasteiger partial charge < -0.3 is 9.97 Å².